The summed E-state index contributed by atoms with van der Waals surface area (Å²) >= 11 is 1.72. The molecule has 0 aliphatic carbocycles. The Hall–Kier alpha value is -0.260. The van der Waals surface area contributed by atoms with Gasteiger partial charge in [-0.05, 0) is 57.8 Å². The van der Waals surface area contributed by atoms with Crippen LogP contribution in [0.2, 0.25) is 0 Å². The minimum atomic E-state index is -0.363. The van der Waals surface area contributed by atoms with Gasteiger partial charge < -0.3 is 16.0 Å². The molecule has 0 radical (unpaired) electrons. The van der Waals surface area contributed by atoms with Crippen LogP contribution < -0.4 is 11.1 Å². The van der Waals surface area contributed by atoms with Gasteiger partial charge in [0.1, 0.15) is 0 Å². The highest BCUT2D eigenvalue weighted by atomic mass is 32.2. The monoisotopic (exact) mass is 289 g/mol. The molecule has 0 aliphatic heterocycles. The third-order valence-electron chi connectivity index (χ3n) is 3.36. The minimum Gasteiger partial charge on any atom is -0.352 e. The number of carbonyl (C=O) groups is 1. The van der Waals surface area contributed by atoms with Crippen molar-refractivity contribution >= 4 is 17.7 Å². The smallest absolute Gasteiger partial charge is 0.237 e. The second-order valence-corrected chi connectivity index (χ2v) is 5.95. The predicted octanol–water partition coefficient (Wildman–Crippen LogP) is 1.69. The molecule has 0 rings (SSSR count). The minimum absolute atomic E-state index is 0.00982. The maximum Gasteiger partial charge on any atom is 0.237 e. The standard InChI is InChI=1S/C14H31N3OS/c1-5-17(6-2)10-7-8-12(3)16-14(18)13(15)9-11-19-4/h12-13H,5-11,15H2,1-4H3,(H,16,18)/t12?,13-/m1/s1. The van der Waals surface area contributed by atoms with Crippen LogP contribution in [-0.2, 0) is 4.79 Å². The molecule has 0 heterocycles. The highest BCUT2D eigenvalue weighted by Crippen LogP contribution is 2.02. The van der Waals surface area contributed by atoms with Crippen LogP contribution in [0.5, 0.6) is 0 Å². The number of hydrogen-bond donors (Lipinski definition) is 2. The van der Waals surface area contributed by atoms with Crippen molar-refractivity contribution in [1.29, 1.82) is 0 Å². The summed E-state index contributed by atoms with van der Waals surface area (Å²) in [5.74, 6) is 0.926. The zero-order chi connectivity index (χ0) is 14.7. The fourth-order valence-corrected chi connectivity index (χ4v) is 2.45. The largest absolute Gasteiger partial charge is 0.352 e. The van der Waals surface area contributed by atoms with E-state index in [1.165, 1.54) is 0 Å². The molecule has 0 aromatic heterocycles. The van der Waals surface area contributed by atoms with E-state index in [9.17, 15) is 4.79 Å². The fourth-order valence-electron chi connectivity index (χ4n) is 1.96. The highest BCUT2D eigenvalue weighted by Gasteiger charge is 2.15. The number of nitrogens with zero attached hydrogens (tertiary/aromatic N) is 1. The van der Waals surface area contributed by atoms with Gasteiger partial charge >= 0.3 is 0 Å². The fraction of sp³-hybridized carbons (Fsp3) is 0.929. The van der Waals surface area contributed by atoms with Crippen molar-refractivity contribution in [2.75, 3.05) is 31.6 Å². The summed E-state index contributed by atoms with van der Waals surface area (Å²) in [6, 6.07) is -0.152. The van der Waals surface area contributed by atoms with Crippen molar-refractivity contribution in [1.82, 2.24) is 10.2 Å². The SMILES string of the molecule is CCN(CC)CCCC(C)NC(=O)[C@H](N)CCSC. The van der Waals surface area contributed by atoms with Gasteiger partial charge in [-0.3, -0.25) is 4.79 Å². The first-order valence-electron chi connectivity index (χ1n) is 7.32. The topological polar surface area (TPSA) is 58.4 Å². The summed E-state index contributed by atoms with van der Waals surface area (Å²) in [6.45, 7) is 9.71. The summed E-state index contributed by atoms with van der Waals surface area (Å²) in [4.78, 5) is 14.2. The third-order valence-corrected chi connectivity index (χ3v) is 4.01. The Morgan fingerprint density at radius 1 is 1.32 bits per heavy atom. The molecule has 19 heavy (non-hydrogen) atoms. The molecule has 0 aliphatic rings. The average Bonchev–Trinajstić information content (AvgIpc) is 2.40. The van der Waals surface area contributed by atoms with E-state index < -0.39 is 0 Å². The molecule has 1 amide bonds. The Balaban J connectivity index is 3.78. The molecule has 1 unspecified atom stereocenters. The Bertz CT molecular complexity index is 235. The first-order valence-corrected chi connectivity index (χ1v) is 8.71. The van der Waals surface area contributed by atoms with E-state index in [1.807, 2.05) is 6.26 Å². The van der Waals surface area contributed by atoms with Gasteiger partial charge in [0.15, 0.2) is 0 Å². The van der Waals surface area contributed by atoms with Crippen molar-refractivity contribution in [3.05, 3.63) is 0 Å². The van der Waals surface area contributed by atoms with E-state index >= 15 is 0 Å². The van der Waals surface area contributed by atoms with E-state index in [0.29, 0.717) is 0 Å². The van der Waals surface area contributed by atoms with Crippen LogP contribution in [-0.4, -0.2) is 54.5 Å². The molecule has 0 spiro atoms. The lowest BCUT2D eigenvalue weighted by Crippen LogP contribution is -2.44. The van der Waals surface area contributed by atoms with Crippen molar-refractivity contribution in [2.24, 2.45) is 5.73 Å². The Labute approximate surface area is 122 Å². The average molecular weight is 289 g/mol. The number of carbonyl (C=O) groups excluding carboxylic acids is 1. The maximum atomic E-state index is 11.8. The number of thioether (sulfide) groups is 1. The number of nitrogens with one attached hydrogen (secondary N) is 1. The normalized spacial score (nSPS) is 14.4. The second-order valence-electron chi connectivity index (χ2n) is 4.97. The van der Waals surface area contributed by atoms with Gasteiger partial charge in [0.2, 0.25) is 5.91 Å². The zero-order valence-electron chi connectivity index (χ0n) is 12.9. The lowest BCUT2D eigenvalue weighted by molar-refractivity contribution is -0.123. The molecule has 2 atom stereocenters. The molecule has 0 bridgehead atoms. The van der Waals surface area contributed by atoms with E-state index in [4.69, 9.17) is 5.73 Å². The number of rotatable bonds is 11. The molecule has 0 aromatic rings. The number of amides is 1. The molecular formula is C14H31N3OS. The van der Waals surface area contributed by atoms with Crippen molar-refractivity contribution in [3.8, 4) is 0 Å². The summed E-state index contributed by atoms with van der Waals surface area (Å²) < 4.78 is 0. The molecule has 0 saturated heterocycles. The number of nitrogens with two attached hydrogens (primary N) is 1. The number of hydrogen-bond acceptors (Lipinski definition) is 4. The van der Waals surface area contributed by atoms with E-state index in [2.05, 4.69) is 31.0 Å². The zero-order valence-corrected chi connectivity index (χ0v) is 13.8. The Kier molecular flexibility index (Phi) is 11.4. The Morgan fingerprint density at radius 2 is 1.95 bits per heavy atom. The van der Waals surface area contributed by atoms with E-state index in [0.717, 1.165) is 44.6 Å². The molecule has 114 valence electrons. The van der Waals surface area contributed by atoms with Gasteiger partial charge in [-0.1, -0.05) is 13.8 Å². The third kappa shape index (κ3) is 9.30. The lowest BCUT2D eigenvalue weighted by Gasteiger charge is -2.20. The van der Waals surface area contributed by atoms with Crippen LogP contribution >= 0.6 is 11.8 Å². The lowest BCUT2D eigenvalue weighted by atomic mass is 10.1. The van der Waals surface area contributed by atoms with Crippen molar-refractivity contribution < 1.29 is 4.79 Å². The van der Waals surface area contributed by atoms with Crippen molar-refractivity contribution in [3.63, 3.8) is 0 Å². The summed E-state index contributed by atoms with van der Waals surface area (Å²) in [7, 11) is 0. The molecule has 0 fully saturated rings. The maximum absolute atomic E-state index is 11.8. The molecule has 0 saturated carbocycles. The summed E-state index contributed by atoms with van der Waals surface area (Å²) in [5, 5.41) is 3.01. The van der Waals surface area contributed by atoms with Crippen LogP contribution in [0.1, 0.15) is 40.0 Å². The summed E-state index contributed by atoms with van der Waals surface area (Å²) in [6.07, 6.45) is 4.90. The quantitative estimate of drug-likeness (QED) is 0.608. The molecule has 0 aromatic carbocycles. The van der Waals surface area contributed by atoms with Crippen LogP contribution in [0.4, 0.5) is 0 Å². The Morgan fingerprint density at radius 3 is 2.47 bits per heavy atom. The van der Waals surface area contributed by atoms with Gasteiger partial charge in [-0.15, -0.1) is 0 Å². The first-order chi connectivity index (χ1) is 9.04. The van der Waals surface area contributed by atoms with Crippen LogP contribution in [0.3, 0.4) is 0 Å². The molecule has 5 heteroatoms. The van der Waals surface area contributed by atoms with E-state index in [-0.39, 0.29) is 18.0 Å². The molecular weight excluding hydrogens is 258 g/mol. The van der Waals surface area contributed by atoms with Crippen LogP contribution in [0.25, 0.3) is 0 Å². The summed E-state index contributed by atoms with van der Waals surface area (Å²) in [5.41, 5.74) is 5.84. The van der Waals surface area contributed by atoms with Crippen LogP contribution in [0.15, 0.2) is 0 Å². The van der Waals surface area contributed by atoms with Gasteiger partial charge in [-0.2, -0.15) is 11.8 Å². The van der Waals surface area contributed by atoms with Crippen molar-refractivity contribution in [2.45, 2.75) is 52.1 Å². The van der Waals surface area contributed by atoms with Gasteiger partial charge in [-0.25, -0.2) is 0 Å². The first kappa shape index (κ1) is 18.7. The second kappa shape index (κ2) is 11.6. The van der Waals surface area contributed by atoms with E-state index in [1.54, 1.807) is 11.8 Å². The molecule has 4 nitrogen and oxygen atoms in total. The van der Waals surface area contributed by atoms with Crippen LogP contribution in [0, 0.1) is 0 Å². The highest BCUT2D eigenvalue weighted by molar-refractivity contribution is 7.98. The predicted molar refractivity (Wildman–Crippen MR) is 85.6 cm³/mol. The van der Waals surface area contributed by atoms with Gasteiger partial charge in [0.05, 0.1) is 6.04 Å². The van der Waals surface area contributed by atoms with Gasteiger partial charge in [0.25, 0.3) is 0 Å². The molecule has 3 N–H and O–H groups in total. The van der Waals surface area contributed by atoms with Gasteiger partial charge in [0, 0.05) is 6.04 Å².